The van der Waals surface area contributed by atoms with Crippen molar-refractivity contribution in [2.45, 2.75) is 30.9 Å². The molecule has 8 nitrogen and oxygen atoms in total. The number of nitrogens with one attached hydrogen (secondary N) is 1. The molecule has 1 aromatic heterocycles. The van der Waals surface area contributed by atoms with E-state index < -0.39 is 5.25 Å². The number of rotatable bonds is 7. The fourth-order valence-electron chi connectivity index (χ4n) is 4.03. The lowest BCUT2D eigenvalue weighted by atomic mass is 10.2. The van der Waals surface area contributed by atoms with Crippen LogP contribution in [0.25, 0.3) is 5.69 Å². The van der Waals surface area contributed by atoms with Crippen LogP contribution in [0, 0.1) is 6.92 Å². The number of nitrogens with zero attached hydrogens (tertiary/aromatic N) is 4. The topological polar surface area (TPSA) is 89.4 Å². The quantitative estimate of drug-likeness (QED) is 0.373. The number of aryl methyl sites for hydroxylation is 1. The lowest BCUT2D eigenvalue weighted by Crippen LogP contribution is -2.45. The summed E-state index contributed by atoms with van der Waals surface area (Å²) in [7, 11) is 0. The molecule has 2 amide bonds. The third-order valence-corrected chi connectivity index (χ3v) is 6.86. The summed E-state index contributed by atoms with van der Waals surface area (Å²) in [6.07, 6.45) is 0. The summed E-state index contributed by atoms with van der Waals surface area (Å²) in [4.78, 5) is 27.2. The highest BCUT2D eigenvalue weighted by Crippen LogP contribution is 2.33. The Morgan fingerprint density at radius 1 is 1.03 bits per heavy atom. The highest BCUT2D eigenvalue weighted by molar-refractivity contribution is 8.00. The number of anilines is 2. The molecule has 0 saturated carbocycles. The number of thioether (sulfide) groups is 1. The molecule has 36 heavy (non-hydrogen) atoms. The summed E-state index contributed by atoms with van der Waals surface area (Å²) in [5.74, 6) is 0.999. The lowest BCUT2D eigenvalue weighted by molar-refractivity contribution is -0.121. The first-order chi connectivity index (χ1) is 17.5. The predicted octanol–water partition coefficient (Wildman–Crippen LogP) is 4.62. The minimum Gasteiger partial charge on any atom is -0.485 e. The molecule has 1 aliphatic heterocycles. The predicted molar refractivity (Wildman–Crippen MR) is 140 cm³/mol. The van der Waals surface area contributed by atoms with E-state index in [1.807, 2.05) is 91.2 Å². The molecule has 0 radical (unpaired) electrons. The fourth-order valence-corrected chi connectivity index (χ4v) is 4.97. The zero-order chi connectivity index (χ0) is 25.1. The largest absolute Gasteiger partial charge is 0.485 e. The van der Waals surface area contributed by atoms with Gasteiger partial charge in [-0.3, -0.25) is 19.1 Å². The van der Waals surface area contributed by atoms with Crippen LogP contribution in [0.1, 0.15) is 18.3 Å². The number of carbonyl (C=O) groups is 2. The second-order valence-corrected chi connectivity index (χ2v) is 9.68. The molecule has 1 aliphatic rings. The normalized spacial score (nSPS) is 13.6. The van der Waals surface area contributed by atoms with Gasteiger partial charge in [0.2, 0.25) is 11.8 Å². The smallest absolute Gasteiger partial charge is 0.244 e. The van der Waals surface area contributed by atoms with E-state index in [4.69, 9.17) is 4.74 Å². The van der Waals surface area contributed by atoms with Crippen molar-refractivity contribution in [3.05, 3.63) is 90.3 Å². The first-order valence-corrected chi connectivity index (χ1v) is 12.4. The van der Waals surface area contributed by atoms with Crippen LogP contribution in [0.5, 0.6) is 5.75 Å². The van der Waals surface area contributed by atoms with E-state index in [0.717, 1.165) is 17.0 Å². The highest BCUT2D eigenvalue weighted by Gasteiger charge is 2.31. The molecule has 0 saturated heterocycles. The molecule has 0 fully saturated rings. The third kappa shape index (κ3) is 4.83. The number of para-hydroxylation sites is 4. The maximum atomic E-state index is 13.5. The van der Waals surface area contributed by atoms with Gasteiger partial charge in [0.05, 0.1) is 16.6 Å². The average molecular weight is 500 g/mol. The molecule has 0 aliphatic carbocycles. The maximum absolute atomic E-state index is 13.5. The van der Waals surface area contributed by atoms with E-state index in [-0.39, 0.29) is 25.0 Å². The van der Waals surface area contributed by atoms with E-state index >= 15 is 0 Å². The van der Waals surface area contributed by atoms with Crippen molar-refractivity contribution >= 4 is 35.0 Å². The summed E-state index contributed by atoms with van der Waals surface area (Å²) in [5, 5.41) is 11.7. The molecule has 182 valence electrons. The average Bonchev–Trinajstić information content (AvgIpc) is 3.29. The maximum Gasteiger partial charge on any atom is 0.244 e. The van der Waals surface area contributed by atoms with E-state index in [2.05, 4.69) is 15.5 Å². The van der Waals surface area contributed by atoms with Gasteiger partial charge in [0.15, 0.2) is 11.0 Å². The summed E-state index contributed by atoms with van der Waals surface area (Å²) >= 11 is 1.30. The summed E-state index contributed by atoms with van der Waals surface area (Å²) in [5.41, 5.74) is 3.22. The Bertz CT molecular complexity index is 1410. The Balaban J connectivity index is 1.41. The molecule has 3 aromatic carbocycles. The van der Waals surface area contributed by atoms with Crippen LogP contribution < -0.4 is 15.0 Å². The van der Waals surface area contributed by atoms with Gasteiger partial charge in [0.1, 0.15) is 18.9 Å². The van der Waals surface area contributed by atoms with E-state index in [1.54, 1.807) is 6.07 Å². The summed E-state index contributed by atoms with van der Waals surface area (Å²) in [6, 6.07) is 24.8. The number of hydrogen-bond acceptors (Lipinski definition) is 6. The van der Waals surface area contributed by atoms with Gasteiger partial charge in [-0.2, -0.15) is 0 Å². The summed E-state index contributed by atoms with van der Waals surface area (Å²) in [6.45, 7) is 4.00. The van der Waals surface area contributed by atoms with Crippen molar-refractivity contribution in [1.29, 1.82) is 0 Å². The fraction of sp³-hybridized carbons (Fsp3) is 0.185. The van der Waals surface area contributed by atoms with Gasteiger partial charge in [-0.15, -0.1) is 10.2 Å². The van der Waals surface area contributed by atoms with Crippen LogP contribution in [-0.4, -0.2) is 38.4 Å². The van der Waals surface area contributed by atoms with Crippen LogP contribution in [0.3, 0.4) is 0 Å². The van der Waals surface area contributed by atoms with Gasteiger partial charge in [-0.05, 0) is 49.7 Å². The second kappa shape index (κ2) is 10.2. The van der Waals surface area contributed by atoms with Crippen LogP contribution in [0.2, 0.25) is 0 Å². The van der Waals surface area contributed by atoms with Gasteiger partial charge >= 0.3 is 0 Å². The Hall–Kier alpha value is -4.11. The SMILES string of the molecule is Cc1ccccc1OCc1nnc(S[C@@H](C)C(=O)N2CC(=O)Nc3ccccc32)n1-c1ccccc1. The number of hydrogen-bond donors (Lipinski definition) is 1. The highest BCUT2D eigenvalue weighted by atomic mass is 32.2. The lowest BCUT2D eigenvalue weighted by Gasteiger charge is -2.30. The number of aromatic nitrogens is 3. The van der Waals surface area contributed by atoms with Crippen LogP contribution in [0.15, 0.2) is 84.0 Å². The second-order valence-electron chi connectivity index (χ2n) is 8.37. The van der Waals surface area contributed by atoms with Crippen LogP contribution in [0.4, 0.5) is 11.4 Å². The van der Waals surface area contributed by atoms with Crippen molar-refractivity contribution in [1.82, 2.24) is 14.8 Å². The summed E-state index contributed by atoms with van der Waals surface area (Å²) < 4.78 is 7.95. The third-order valence-electron chi connectivity index (χ3n) is 5.83. The Morgan fingerprint density at radius 3 is 2.56 bits per heavy atom. The minimum absolute atomic E-state index is 0.0262. The van der Waals surface area contributed by atoms with Gasteiger partial charge in [-0.1, -0.05) is 60.3 Å². The Kier molecular flexibility index (Phi) is 6.73. The van der Waals surface area contributed by atoms with Crippen LogP contribution in [-0.2, 0) is 16.2 Å². The number of amides is 2. The Morgan fingerprint density at radius 2 is 1.75 bits per heavy atom. The van der Waals surface area contributed by atoms with Crippen molar-refractivity contribution in [2.75, 3.05) is 16.8 Å². The molecule has 0 unspecified atom stereocenters. The standard InChI is InChI=1S/C27H25N5O3S/c1-18-10-6-9-15-23(18)35-17-24-29-30-27(32(24)20-11-4-3-5-12-20)36-19(2)26(34)31-16-25(33)28-21-13-7-8-14-22(21)31/h3-15,19H,16-17H2,1-2H3,(H,28,33)/t19-/m0/s1. The first kappa shape index (κ1) is 23.6. The molecule has 2 heterocycles. The minimum atomic E-state index is -0.513. The molecular formula is C27H25N5O3S. The zero-order valence-electron chi connectivity index (χ0n) is 19.9. The number of ether oxygens (including phenoxy) is 1. The van der Waals surface area contributed by atoms with E-state index in [0.29, 0.717) is 22.4 Å². The van der Waals surface area contributed by atoms with Gasteiger partial charge in [0.25, 0.3) is 0 Å². The van der Waals surface area contributed by atoms with E-state index in [9.17, 15) is 9.59 Å². The molecule has 0 bridgehead atoms. The molecule has 1 atom stereocenters. The Labute approximate surface area is 213 Å². The molecule has 4 aromatic rings. The van der Waals surface area contributed by atoms with Crippen molar-refractivity contribution in [2.24, 2.45) is 0 Å². The number of carbonyl (C=O) groups excluding carboxylic acids is 2. The monoisotopic (exact) mass is 499 g/mol. The molecule has 1 N–H and O–H groups in total. The first-order valence-electron chi connectivity index (χ1n) is 11.6. The van der Waals surface area contributed by atoms with Crippen molar-refractivity contribution in [3.8, 4) is 11.4 Å². The zero-order valence-corrected chi connectivity index (χ0v) is 20.7. The van der Waals surface area contributed by atoms with Crippen molar-refractivity contribution in [3.63, 3.8) is 0 Å². The molecule has 0 spiro atoms. The van der Waals surface area contributed by atoms with Gasteiger partial charge in [-0.25, -0.2) is 0 Å². The van der Waals surface area contributed by atoms with Crippen LogP contribution >= 0.6 is 11.8 Å². The molecular weight excluding hydrogens is 474 g/mol. The number of benzene rings is 3. The van der Waals surface area contributed by atoms with Gasteiger partial charge in [0, 0.05) is 5.69 Å². The molecule has 5 rings (SSSR count). The van der Waals surface area contributed by atoms with Crippen molar-refractivity contribution < 1.29 is 14.3 Å². The number of fused-ring (bicyclic) bond motifs is 1. The molecule has 9 heteroatoms. The van der Waals surface area contributed by atoms with Gasteiger partial charge < -0.3 is 10.1 Å². The van der Waals surface area contributed by atoms with E-state index in [1.165, 1.54) is 16.7 Å².